The van der Waals surface area contributed by atoms with Crippen LogP contribution < -0.4 is 10.5 Å². The van der Waals surface area contributed by atoms with Gasteiger partial charge < -0.3 is 15.6 Å². The SMILES string of the molecule is Nc1cc(C(=O)O)ccc1OC1CCc2ccccc21. The number of fused-ring (bicyclic) bond motifs is 1. The molecular weight excluding hydrogens is 254 g/mol. The fraction of sp³-hybridized carbons (Fsp3) is 0.188. The van der Waals surface area contributed by atoms with E-state index < -0.39 is 5.97 Å². The van der Waals surface area contributed by atoms with Crippen molar-refractivity contribution in [3.05, 3.63) is 59.2 Å². The number of hydrogen-bond donors (Lipinski definition) is 2. The van der Waals surface area contributed by atoms with E-state index in [1.54, 1.807) is 6.07 Å². The number of nitrogen functional groups attached to an aromatic ring is 1. The molecule has 0 saturated heterocycles. The number of aromatic carboxylic acids is 1. The minimum absolute atomic E-state index is 0.0100. The third kappa shape index (κ3) is 2.20. The summed E-state index contributed by atoms with van der Waals surface area (Å²) in [6.07, 6.45) is 1.90. The van der Waals surface area contributed by atoms with Crippen LogP contribution in [-0.2, 0) is 6.42 Å². The molecule has 0 aromatic heterocycles. The maximum absolute atomic E-state index is 10.9. The smallest absolute Gasteiger partial charge is 0.335 e. The fourth-order valence-corrected chi connectivity index (χ4v) is 2.58. The highest BCUT2D eigenvalue weighted by Gasteiger charge is 2.24. The van der Waals surface area contributed by atoms with Crippen LogP contribution in [0.2, 0.25) is 0 Å². The first-order valence-electron chi connectivity index (χ1n) is 6.52. The summed E-state index contributed by atoms with van der Waals surface area (Å²) in [7, 11) is 0. The minimum Gasteiger partial charge on any atom is -0.484 e. The Morgan fingerprint density at radius 1 is 1.25 bits per heavy atom. The van der Waals surface area contributed by atoms with Gasteiger partial charge in [0.2, 0.25) is 0 Å². The average molecular weight is 269 g/mol. The topological polar surface area (TPSA) is 72.6 Å². The van der Waals surface area contributed by atoms with Crippen LogP contribution in [0.4, 0.5) is 5.69 Å². The molecule has 0 bridgehead atoms. The Labute approximate surface area is 116 Å². The van der Waals surface area contributed by atoms with E-state index in [-0.39, 0.29) is 11.7 Å². The molecule has 0 aliphatic heterocycles. The Bertz CT molecular complexity index is 667. The second kappa shape index (κ2) is 4.89. The molecule has 4 heteroatoms. The standard InChI is InChI=1S/C16H15NO3/c17-13-9-11(16(18)19)6-8-15(13)20-14-7-5-10-3-1-2-4-12(10)14/h1-4,6,8-9,14H,5,7,17H2,(H,18,19). The van der Waals surface area contributed by atoms with Crippen LogP contribution in [0, 0.1) is 0 Å². The van der Waals surface area contributed by atoms with Crippen LogP contribution in [0.1, 0.15) is 34.0 Å². The number of carboxylic acid groups (broad SMARTS) is 1. The first kappa shape index (κ1) is 12.5. The van der Waals surface area contributed by atoms with E-state index in [9.17, 15) is 4.79 Å². The van der Waals surface area contributed by atoms with Crippen LogP contribution in [-0.4, -0.2) is 11.1 Å². The van der Waals surface area contributed by atoms with Gasteiger partial charge in [-0.3, -0.25) is 0 Å². The van der Waals surface area contributed by atoms with Crippen molar-refractivity contribution in [2.45, 2.75) is 18.9 Å². The van der Waals surface area contributed by atoms with Gasteiger partial charge in [-0.1, -0.05) is 24.3 Å². The monoisotopic (exact) mass is 269 g/mol. The van der Waals surface area contributed by atoms with Gasteiger partial charge >= 0.3 is 5.97 Å². The van der Waals surface area contributed by atoms with E-state index in [1.165, 1.54) is 23.3 Å². The summed E-state index contributed by atoms with van der Waals surface area (Å²) in [4.78, 5) is 10.9. The van der Waals surface area contributed by atoms with Gasteiger partial charge in [-0.2, -0.15) is 0 Å². The number of carboxylic acids is 1. The molecule has 1 aliphatic carbocycles. The summed E-state index contributed by atoms with van der Waals surface area (Å²) < 4.78 is 5.95. The number of hydrogen-bond acceptors (Lipinski definition) is 3. The minimum atomic E-state index is -0.991. The fourth-order valence-electron chi connectivity index (χ4n) is 2.58. The van der Waals surface area contributed by atoms with Gasteiger partial charge in [0, 0.05) is 0 Å². The normalized spacial score (nSPS) is 16.7. The first-order valence-corrected chi connectivity index (χ1v) is 6.52. The van der Waals surface area contributed by atoms with E-state index in [0.29, 0.717) is 11.4 Å². The molecular formula is C16H15NO3. The molecule has 2 aromatic rings. The van der Waals surface area contributed by atoms with E-state index in [2.05, 4.69) is 12.1 Å². The van der Waals surface area contributed by atoms with Gasteiger partial charge in [0.15, 0.2) is 0 Å². The zero-order valence-corrected chi connectivity index (χ0v) is 10.9. The lowest BCUT2D eigenvalue weighted by molar-refractivity contribution is 0.0697. The maximum Gasteiger partial charge on any atom is 0.335 e. The second-order valence-electron chi connectivity index (χ2n) is 4.90. The summed E-state index contributed by atoms with van der Waals surface area (Å²) in [5.41, 5.74) is 8.89. The molecule has 1 unspecified atom stereocenters. The van der Waals surface area contributed by atoms with E-state index >= 15 is 0 Å². The number of anilines is 1. The van der Waals surface area contributed by atoms with Gasteiger partial charge in [0.25, 0.3) is 0 Å². The molecule has 2 aromatic carbocycles. The lowest BCUT2D eigenvalue weighted by Gasteiger charge is -2.16. The van der Waals surface area contributed by atoms with Crippen LogP contribution in [0.25, 0.3) is 0 Å². The quantitative estimate of drug-likeness (QED) is 0.840. The third-order valence-corrected chi connectivity index (χ3v) is 3.60. The van der Waals surface area contributed by atoms with E-state index in [1.807, 2.05) is 12.1 Å². The predicted octanol–water partition coefficient (Wildman–Crippen LogP) is 3.03. The van der Waals surface area contributed by atoms with Crippen LogP contribution in [0.15, 0.2) is 42.5 Å². The Hall–Kier alpha value is -2.49. The van der Waals surface area contributed by atoms with Crippen LogP contribution >= 0.6 is 0 Å². The first-order chi connectivity index (χ1) is 9.65. The molecule has 0 spiro atoms. The van der Waals surface area contributed by atoms with Gasteiger partial charge in [0.1, 0.15) is 11.9 Å². The van der Waals surface area contributed by atoms with Crippen LogP contribution in [0.5, 0.6) is 5.75 Å². The zero-order valence-electron chi connectivity index (χ0n) is 10.9. The Morgan fingerprint density at radius 3 is 2.80 bits per heavy atom. The van der Waals surface area contributed by atoms with Gasteiger partial charge in [0.05, 0.1) is 11.3 Å². The number of nitrogens with two attached hydrogens (primary N) is 1. The third-order valence-electron chi connectivity index (χ3n) is 3.60. The average Bonchev–Trinajstić information content (AvgIpc) is 2.84. The molecule has 0 fully saturated rings. The Kier molecular flexibility index (Phi) is 3.06. The summed E-state index contributed by atoms with van der Waals surface area (Å²) in [6.45, 7) is 0. The van der Waals surface area contributed by atoms with E-state index in [4.69, 9.17) is 15.6 Å². The number of carbonyl (C=O) groups is 1. The largest absolute Gasteiger partial charge is 0.484 e. The van der Waals surface area contributed by atoms with E-state index in [0.717, 1.165) is 12.8 Å². The number of rotatable bonds is 3. The highest BCUT2D eigenvalue weighted by atomic mass is 16.5. The van der Waals surface area contributed by atoms with Gasteiger partial charge in [-0.25, -0.2) is 4.79 Å². The molecule has 0 heterocycles. The molecule has 3 N–H and O–H groups in total. The molecule has 1 aliphatic rings. The molecule has 3 rings (SSSR count). The Morgan fingerprint density at radius 2 is 2.05 bits per heavy atom. The molecule has 1 atom stereocenters. The van der Waals surface area contributed by atoms with Gasteiger partial charge in [-0.15, -0.1) is 0 Å². The predicted molar refractivity (Wildman–Crippen MR) is 75.9 cm³/mol. The van der Waals surface area contributed by atoms with Crippen molar-refractivity contribution in [2.24, 2.45) is 0 Å². The van der Waals surface area contributed by atoms with Crippen LogP contribution in [0.3, 0.4) is 0 Å². The molecule has 0 radical (unpaired) electrons. The van der Waals surface area contributed by atoms with Crippen molar-refractivity contribution in [2.75, 3.05) is 5.73 Å². The van der Waals surface area contributed by atoms with Crippen molar-refractivity contribution in [1.82, 2.24) is 0 Å². The maximum atomic E-state index is 10.9. The lowest BCUT2D eigenvalue weighted by Crippen LogP contribution is -2.06. The summed E-state index contributed by atoms with van der Waals surface area (Å²) in [5.74, 6) is -0.453. The van der Waals surface area contributed by atoms with Crippen molar-refractivity contribution in [3.63, 3.8) is 0 Å². The lowest BCUT2D eigenvalue weighted by atomic mass is 10.1. The second-order valence-corrected chi connectivity index (χ2v) is 4.90. The van der Waals surface area contributed by atoms with Crippen molar-refractivity contribution in [3.8, 4) is 5.75 Å². The number of ether oxygens (including phenoxy) is 1. The molecule has 4 nitrogen and oxygen atoms in total. The number of aryl methyl sites for hydroxylation is 1. The molecule has 0 amide bonds. The molecule has 0 saturated carbocycles. The van der Waals surface area contributed by atoms with Crippen molar-refractivity contribution >= 4 is 11.7 Å². The Balaban J connectivity index is 1.84. The summed E-state index contributed by atoms with van der Waals surface area (Å²) in [5, 5.41) is 8.92. The highest BCUT2D eigenvalue weighted by Crippen LogP contribution is 2.36. The molecule has 102 valence electrons. The highest BCUT2D eigenvalue weighted by molar-refractivity contribution is 5.89. The summed E-state index contributed by atoms with van der Waals surface area (Å²) >= 11 is 0. The molecule has 20 heavy (non-hydrogen) atoms. The van der Waals surface area contributed by atoms with Crippen molar-refractivity contribution in [1.29, 1.82) is 0 Å². The summed E-state index contributed by atoms with van der Waals surface area (Å²) in [6, 6.07) is 12.8. The zero-order chi connectivity index (χ0) is 14.1. The van der Waals surface area contributed by atoms with Gasteiger partial charge in [-0.05, 0) is 42.2 Å². The number of benzene rings is 2. The van der Waals surface area contributed by atoms with Crippen molar-refractivity contribution < 1.29 is 14.6 Å².